The van der Waals surface area contributed by atoms with Gasteiger partial charge in [-0.05, 0) is 12.1 Å². The zero-order valence-electron chi connectivity index (χ0n) is 8.42. The molecule has 0 amide bonds. The van der Waals surface area contributed by atoms with Crippen LogP contribution in [-0.2, 0) is 0 Å². The van der Waals surface area contributed by atoms with E-state index in [2.05, 4.69) is 31.2 Å². The molecule has 0 saturated heterocycles. The van der Waals surface area contributed by atoms with Gasteiger partial charge in [0.1, 0.15) is 23.7 Å². The van der Waals surface area contributed by atoms with Crippen molar-refractivity contribution < 1.29 is 8.78 Å². The lowest BCUT2D eigenvalue weighted by Gasteiger charge is -2.08. The molecule has 0 fully saturated rings. The summed E-state index contributed by atoms with van der Waals surface area (Å²) in [5, 5.41) is 2.51. The Morgan fingerprint density at radius 3 is 2.35 bits per heavy atom. The zero-order valence-corrected chi connectivity index (χ0v) is 10.0. The molecule has 0 aliphatic heterocycles. The Labute approximate surface area is 104 Å². The molecule has 0 radical (unpaired) electrons. The quantitative estimate of drug-likeness (QED) is 0.895. The van der Waals surface area contributed by atoms with Gasteiger partial charge in [0.25, 0.3) is 0 Å². The molecule has 2 rings (SSSR count). The second-order valence-electron chi connectivity index (χ2n) is 3.20. The Hall–Kier alpha value is -1.76. The van der Waals surface area contributed by atoms with Crippen LogP contribution in [0.1, 0.15) is 0 Å². The van der Waals surface area contributed by atoms with Gasteiger partial charge in [0.05, 0.1) is 0 Å². The Balaban J connectivity index is 2.36. The van der Waals surface area contributed by atoms with Gasteiger partial charge in [-0.15, -0.1) is 0 Å². The number of aromatic nitrogens is 2. The Morgan fingerprint density at radius 2 is 1.76 bits per heavy atom. The minimum Gasteiger partial charge on any atom is -0.384 e. The van der Waals surface area contributed by atoms with Gasteiger partial charge in [0.2, 0.25) is 0 Å². The largest absolute Gasteiger partial charge is 0.384 e. The van der Waals surface area contributed by atoms with Gasteiger partial charge >= 0.3 is 0 Å². The molecular weight excluding hydrogens is 294 g/mol. The maximum absolute atomic E-state index is 13.5. The zero-order chi connectivity index (χ0) is 12.4. The molecule has 2 aromatic rings. The summed E-state index contributed by atoms with van der Waals surface area (Å²) in [6.45, 7) is 0. The highest BCUT2D eigenvalue weighted by Gasteiger charge is 2.11. The molecule has 0 bridgehead atoms. The fraction of sp³-hybridized carbons (Fsp3) is 0. The number of hydrogen-bond donors (Lipinski definition) is 2. The number of anilines is 3. The first-order chi connectivity index (χ1) is 8.06. The topological polar surface area (TPSA) is 63.8 Å². The van der Waals surface area contributed by atoms with Gasteiger partial charge in [-0.2, -0.15) is 0 Å². The van der Waals surface area contributed by atoms with Crippen LogP contribution in [0.2, 0.25) is 0 Å². The molecule has 88 valence electrons. The van der Waals surface area contributed by atoms with Gasteiger partial charge in [-0.3, -0.25) is 0 Å². The van der Waals surface area contributed by atoms with Gasteiger partial charge in [0, 0.05) is 10.5 Å². The molecule has 0 spiro atoms. The fourth-order valence-electron chi connectivity index (χ4n) is 1.23. The minimum absolute atomic E-state index is 0.209. The molecule has 7 heteroatoms. The molecule has 0 saturated carbocycles. The highest BCUT2D eigenvalue weighted by atomic mass is 79.9. The van der Waals surface area contributed by atoms with Gasteiger partial charge in [-0.25, -0.2) is 18.7 Å². The number of benzene rings is 1. The lowest BCUT2D eigenvalue weighted by Crippen LogP contribution is -2.01. The predicted octanol–water partition coefficient (Wildman–Crippen LogP) is 2.84. The molecule has 17 heavy (non-hydrogen) atoms. The summed E-state index contributed by atoms with van der Waals surface area (Å²) < 4.78 is 27.3. The van der Waals surface area contributed by atoms with Crippen molar-refractivity contribution in [2.75, 3.05) is 11.1 Å². The van der Waals surface area contributed by atoms with E-state index in [0.29, 0.717) is 4.47 Å². The second kappa shape index (κ2) is 4.62. The highest BCUT2D eigenvalue weighted by Crippen LogP contribution is 2.26. The van der Waals surface area contributed by atoms with Crippen LogP contribution in [0.5, 0.6) is 0 Å². The fourth-order valence-corrected chi connectivity index (χ4v) is 1.63. The van der Waals surface area contributed by atoms with E-state index in [9.17, 15) is 8.78 Å². The summed E-state index contributed by atoms with van der Waals surface area (Å²) in [6.07, 6.45) is 1.20. The summed E-state index contributed by atoms with van der Waals surface area (Å²) in [4.78, 5) is 7.46. The summed E-state index contributed by atoms with van der Waals surface area (Å²) in [5.41, 5.74) is 5.14. The summed E-state index contributed by atoms with van der Waals surface area (Å²) >= 11 is 2.99. The van der Waals surface area contributed by atoms with Gasteiger partial charge < -0.3 is 11.1 Å². The third-order valence-electron chi connectivity index (χ3n) is 1.95. The van der Waals surface area contributed by atoms with E-state index in [1.807, 2.05) is 0 Å². The Kier molecular flexibility index (Phi) is 3.19. The third-order valence-corrected chi connectivity index (χ3v) is 2.41. The van der Waals surface area contributed by atoms with Crippen molar-refractivity contribution in [3.8, 4) is 0 Å². The summed E-state index contributed by atoms with van der Waals surface area (Å²) in [7, 11) is 0. The van der Waals surface area contributed by atoms with Crippen LogP contribution < -0.4 is 11.1 Å². The molecule has 1 aromatic heterocycles. The van der Waals surface area contributed by atoms with E-state index < -0.39 is 11.6 Å². The Bertz CT molecular complexity index is 539. The van der Waals surface area contributed by atoms with E-state index in [1.165, 1.54) is 12.4 Å². The first-order valence-corrected chi connectivity index (χ1v) is 5.34. The van der Waals surface area contributed by atoms with E-state index in [1.54, 1.807) is 0 Å². The number of halogens is 3. The van der Waals surface area contributed by atoms with E-state index in [4.69, 9.17) is 5.73 Å². The predicted molar refractivity (Wildman–Crippen MR) is 63.8 cm³/mol. The van der Waals surface area contributed by atoms with Gasteiger partial charge in [0.15, 0.2) is 11.6 Å². The number of nitrogens with one attached hydrogen (secondary N) is 1. The number of hydrogen-bond acceptors (Lipinski definition) is 4. The van der Waals surface area contributed by atoms with Crippen molar-refractivity contribution >= 4 is 33.3 Å². The van der Waals surface area contributed by atoms with Crippen LogP contribution in [0, 0.1) is 11.6 Å². The van der Waals surface area contributed by atoms with Crippen LogP contribution in [0.3, 0.4) is 0 Å². The molecule has 1 aromatic carbocycles. The molecule has 4 nitrogen and oxygen atoms in total. The maximum atomic E-state index is 13.5. The first kappa shape index (κ1) is 11.7. The highest BCUT2D eigenvalue weighted by molar-refractivity contribution is 9.10. The van der Waals surface area contributed by atoms with Crippen molar-refractivity contribution in [1.82, 2.24) is 9.97 Å². The third kappa shape index (κ3) is 2.68. The normalized spacial score (nSPS) is 10.3. The van der Waals surface area contributed by atoms with Crippen LogP contribution in [0.4, 0.5) is 26.1 Å². The molecule has 0 atom stereocenters. The molecule has 1 heterocycles. The first-order valence-electron chi connectivity index (χ1n) is 4.55. The summed E-state index contributed by atoms with van der Waals surface area (Å²) in [6, 6.07) is 3.67. The van der Waals surface area contributed by atoms with Crippen molar-refractivity contribution in [1.29, 1.82) is 0 Å². The summed E-state index contributed by atoms with van der Waals surface area (Å²) in [5.74, 6) is -1.03. The maximum Gasteiger partial charge on any atom is 0.150 e. The van der Waals surface area contributed by atoms with Crippen molar-refractivity contribution in [2.24, 2.45) is 0 Å². The lowest BCUT2D eigenvalue weighted by atomic mass is 10.3. The number of nitrogen functional groups attached to an aromatic ring is 1. The Morgan fingerprint density at radius 1 is 1.12 bits per heavy atom. The minimum atomic E-state index is -0.728. The number of rotatable bonds is 2. The van der Waals surface area contributed by atoms with Crippen molar-refractivity contribution in [3.05, 3.63) is 40.6 Å². The molecule has 0 unspecified atom stereocenters. The standard InChI is InChI=1S/C10H7BrF2N4/c11-5-1-6(12)10(7(13)2-5)17-9-3-8(14)15-4-16-9/h1-4H,(H3,14,15,16,17). The SMILES string of the molecule is Nc1cc(Nc2c(F)cc(Br)cc2F)ncn1. The smallest absolute Gasteiger partial charge is 0.150 e. The van der Waals surface area contributed by atoms with Crippen molar-refractivity contribution in [3.63, 3.8) is 0 Å². The van der Waals surface area contributed by atoms with E-state index in [0.717, 1.165) is 12.1 Å². The van der Waals surface area contributed by atoms with Crippen LogP contribution >= 0.6 is 15.9 Å². The molecule has 0 aliphatic rings. The average molecular weight is 301 g/mol. The van der Waals surface area contributed by atoms with Crippen LogP contribution in [0.25, 0.3) is 0 Å². The molecule has 0 aliphatic carbocycles. The number of nitrogens with zero attached hydrogens (tertiary/aromatic N) is 2. The van der Waals surface area contributed by atoms with E-state index in [-0.39, 0.29) is 17.3 Å². The van der Waals surface area contributed by atoms with Crippen LogP contribution in [0.15, 0.2) is 29.0 Å². The second-order valence-corrected chi connectivity index (χ2v) is 4.11. The average Bonchev–Trinajstić information content (AvgIpc) is 2.23. The van der Waals surface area contributed by atoms with Gasteiger partial charge in [-0.1, -0.05) is 15.9 Å². The molecular formula is C10H7BrF2N4. The monoisotopic (exact) mass is 300 g/mol. The van der Waals surface area contributed by atoms with Crippen molar-refractivity contribution in [2.45, 2.75) is 0 Å². The van der Waals surface area contributed by atoms with E-state index >= 15 is 0 Å². The molecule has 3 N–H and O–H groups in total. The van der Waals surface area contributed by atoms with Crippen LogP contribution in [-0.4, -0.2) is 9.97 Å². The number of nitrogens with two attached hydrogens (primary N) is 1. The lowest BCUT2D eigenvalue weighted by molar-refractivity contribution is 0.589.